The lowest BCUT2D eigenvalue weighted by atomic mass is 9.94. The first-order valence-corrected chi connectivity index (χ1v) is 6.91. The number of aliphatic hydroxyl groups is 1. The van der Waals surface area contributed by atoms with Gasteiger partial charge in [-0.3, -0.25) is 0 Å². The van der Waals surface area contributed by atoms with Crippen LogP contribution in [0.4, 0.5) is 17.6 Å². The highest BCUT2D eigenvalue weighted by molar-refractivity contribution is 6.30. The molecular weight excluding hydrogens is 345 g/mol. The first kappa shape index (κ1) is 21.4. The second-order valence-corrected chi connectivity index (χ2v) is 5.83. The molecule has 2 atom stereocenters. The molecule has 0 aromatic heterocycles. The molecule has 8 heteroatoms. The fraction of sp³-hybridized carbons (Fsp3) is 0.571. The van der Waals surface area contributed by atoms with Crippen molar-refractivity contribution in [2.45, 2.75) is 45.0 Å². The molecule has 0 heterocycles. The summed E-state index contributed by atoms with van der Waals surface area (Å²) in [6.07, 6.45) is -4.90. The number of hydrogen-bond acceptors (Lipinski definition) is 2. The molecule has 22 heavy (non-hydrogen) atoms. The van der Waals surface area contributed by atoms with Gasteiger partial charge in [0.05, 0.1) is 22.7 Å². The van der Waals surface area contributed by atoms with Crippen LogP contribution in [0.25, 0.3) is 0 Å². The molecule has 128 valence electrons. The van der Waals surface area contributed by atoms with Gasteiger partial charge in [-0.15, -0.1) is 12.4 Å². The summed E-state index contributed by atoms with van der Waals surface area (Å²) >= 11 is 5.49. The zero-order valence-corrected chi connectivity index (χ0v) is 13.7. The van der Waals surface area contributed by atoms with Gasteiger partial charge in [0.15, 0.2) is 0 Å². The average molecular weight is 364 g/mol. The predicted molar refractivity (Wildman–Crippen MR) is 80.7 cm³/mol. The number of alkyl halides is 3. The van der Waals surface area contributed by atoms with Crippen LogP contribution in [0.5, 0.6) is 0 Å². The normalized spacial score (nSPS) is 14.6. The Kier molecular flexibility index (Phi) is 8.12. The quantitative estimate of drug-likeness (QED) is 0.743. The summed E-state index contributed by atoms with van der Waals surface area (Å²) in [6, 6.07) is -0.151. The zero-order valence-electron chi connectivity index (χ0n) is 12.1. The van der Waals surface area contributed by atoms with E-state index in [0.29, 0.717) is 24.5 Å². The summed E-state index contributed by atoms with van der Waals surface area (Å²) in [6.45, 7) is 3.86. The maximum atomic E-state index is 13.9. The molecule has 3 N–H and O–H groups in total. The molecule has 0 unspecified atom stereocenters. The summed E-state index contributed by atoms with van der Waals surface area (Å²) in [5.41, 5.74) is 4.18. The van der Waals surface area contributed by atoms with Crippen LogP contribution in [0, 0.1) is 11.7 Å². The van der Waals surface area contributed by atoms with E-state index < -0.39 is 40.3 Å². The van der Waals surface area contributed by atoms with Crippen LogP contribution >= 0.6 is 24.0 Å². The molecule has 0 bridgehead atoms. The van der Waals surface area contributed by atoms with Crippen molar-refractivity contribution in [3.8, 4) is 0 Å². The van der Waals surface area contributed by atoms with Gasteiger partial charge < -0.3 is 10.8 Å². The second kappa shape index (κ2) is 8.34. The van der Waals surface area contributed by atoms with E-state index in [0.717, 1.165) is 0 Å². The highest BCUT2D eigenvalue weighted by Crippen LogP contribution is 2.35. The Morgan fingerprint density at radius 3 is 2.23 bits per heavy atom. The molecule has 0 radical (unpaired) electrons. The Labute approximate surface area is 138 Å². The lowest BCUT2D eigenvalue weighted by molar-refractivity contribution is -0.137. The van der Waals surface area contributed by atoms with Gasteiger partial charge in [-0.2, -0.15) is 13.2 Å². The van der Waals surface area contributed by atoms with E-state index in [-0.39, 0.29) is 18.8 Å². The van der Waals surface area contributed by atoms with E-state index in [1.807, 2.05) is 13.8 Å². The lowest BCUT2D eigenvalue weighted by Crippen LogP contribution is -2.28. The van der Waals surface area contributed by atoms with Crippen molar-refractivity contribution in [3.63, 3.8) is 0 Å². The van der Waals surface area contributed by atoms with E-state index in [1.165, 1.54) is 0 Å². The molecule has 0 saturated carbocycles. The SMILES string of the molecule is CC(C)CC[C@@H](O)[C@@H](N)c1cc(C(F)(F)F)cc(Cl)c1F.Cl. The van der Waals surface area contributed by atoms with Crippen LogP contribution in [0.2, 0.25) is 5.02 Å². The maximum absolute atomic E-state index is 13.9. The molecule has 1 aromatic carbocycles. The highest BCUT2D eigenvalue weighted by Gasteiger charge is 2.33. The van der Waals surface area contributed by atoms with Gasteiger partial charge in [0, 0.05) is 5.56 Å². The monoisotopic (exact) mass is 363 g/mol. The zero-order chi connectivity index (χ0) is 16.4. The van der Waals surface area contributed by atoms with Crippen molar-refractivity contribution in [1.29, 1.82) is 0 Å². The standard InChI is InChI=1S/C14H18ClF4NO.ClH/c1-7(2)3-4-11(21)13(20)9-5-8(14(17,18)19)6-10(15)12(9)16;/h5-7,11,13,21H,3-4,20H2,1-2H3;1H/t11-,13+;/m1./s1. The van der Waals surface area contributed by atoms with Gasteiger partial charge in [0.2, 0.25) is 0 Å². The summed E-state index contributed by atoms with van der Waals surface area (Å²) in [5, 5.41) is 9.25. The maximum Gasteiger partial charge on any atom is 0.416 e. The molecule has 0 amide bonds. The van der Waals surface area contributed by atoms with Crippen molar-refractivity contribution < 1.29 is 22.7 Å². The minimum atomic E-state index is -4.66. The molecule has 0 aliphatic heterocycles. The molecule has 1 rings (SSSR count). The summed E-state index contributed by atoms with van der Waals surface area (Å²) in [7, 11) is 0. The van der Waals surface area contributed by atoms with Crippen molar-refractivity contribution in [3.05, 3.63) is 34.1 Å². The summed E-state index contributed by atoms with van der Waals surface area (Å²) in [4.78, 5) is 0. The molecule has 1 aromatic rings. The third-order valence-electron chi connectivity index (χ3n) is 3.20. The van der Waals surface area contributed by atoms with Gasteiger partial charge in [-0.05, 0) is 30.9 Å². The Bertz CT molecular complexity index is 494. The minimum absolute atomic E-state index is 0. The number of halogens is 6. The Morgan fingerprint density at radius 1 is 1.23 bits per heavy atom. The molecule has 0 aliphatic carbocycles. The first-order chi connectivity index (χ1) is 9.54. The number of rotatable bonds is 5. The van der Waals surface area contributed by atoms with Crippen LogP contribution in [0.1, 0.15) is 43.9 Å². The third-order valence-corrected chi connectivity index (χ3v) is 3.47. The van der Waals surface area contributed by atoms with Crippen LogP contribution in [-0.2, 0) is 6.18 Å². The van der Waals surface area contributed by atoms with Crippen molar-refractivity contribution in [2.75, 3.05) is 0 Å². The average Bonchev–Trinajstić information content (AvgIpc) is 2.36. The molecule has 0 saturated heterocycles. The van der Waals surface area contributed by atoms with Crippen molar-refractivity contribution >= 4 is 24.0 Å². The number of hydrogen-bond donors (Lipinski definition) is 2. The minimum Gasteiger partial charge on any atom is -0.391 e. The second-order valence-electron chi connectivity index (χ2n) is 5.42. The van der Waals surface area contributed by atoms with E-state index >= 15 is 0 Å². The Hall–Kier alpha value is -0.560. The van der Waals surface area contributed by atoms with Crippen LogP contribution in [0.3, 0.4) is 0 Å². The van der Waals surface area contributed by atoms with Crippen LogP contribution < -0.4 is 5.73 Å². The highest BCUT2D eigenvalue weighted by atomic mass is 35.5. The van der Waals surface area contributed by atoms with E-state index in [2.05, 4.69) is 0 Å². The fourth-order valence-corrected chi connectivity index (χ4v) is 2.13. The molecular formula is C14H19Cl2F4NO. The van der Waals surface area contributed by atoms with E-state index in [9.17, 15) is 22.7 Å². The van der Waals surface area contributed by atoms with Gasteiger partial charge in [-0.25, -0.2) is 4.39 Å². The van der Waals surface area contributed by atoms with Crippen LogP contribution in [0.15, 0.2) is 12.1 Å². The van der Waals surface area contributed by atoms with E-state index in [1.54, 1.807) is 0 Å². The predicted octanol–water partition coefficient (Wildman–Crippen LogP) is 4.72. The number of aliphatic hydroxyl groups excluding tert-OH is 1. The molecule has 0 spiro atoms. The first-order valence-electron chi connectivity index (χ1n) is 6.53. The molecule has 0 fully saturated rings. The van der Waals surface area contributed by atoms with Crippen molar-refractivity contribution in [1.82, 2.24) is 0 Å². The Balaban J connectivity index is 0.00000441. The smallest absolute Gasteiger partial charge is 0.391 e. The van der Waals surface area contributed by atoms with Gasteiger partial charge >= 0.3 is 6.18 Å². The van der Waals surface area contributed by atoms with Gasteiger partial charge in [-0.1, -0.05) is 25.4 Å². The third kappa shape index (κ3) is 5.57. The number of benzene rings is 1. The fourth-order valence-electron chi connectivity index (χ4n) is 1.91. The van der Waals surface area contributed by atoms with Crippen molar-refractivity contribution in [2.24, 2.45) is 11.7 Å². The summed E-state index contributed by atoms with van der Waals surface area (Å²) in [5.74, 6) is -0.734. The topological polar surface area (TPSA) is 46.2 Å². The number of nitrogens with two attached hydrogens (primary N) is 1. The van der Waals surface area contributed by atoms with Gasteiger partial charge in [0.1, 0.15) is 5.82 Å². The largest absolute Gasteiger partial charge is 0.416 e. The van der Waals surface area contributed by atoms with E-state index in [4.69, 9.17) is 17.3 Å². The summed E-state index contributed by atoms with van der Waals surface area (Å²) < 4.78 is 52.0. The van der Waals surface area contributed by atoms with Gasteiger partial charge in [0.25, 0.3) is 0 Å². The molecule has 2 nitrogen and oxygen atoms in total. The Morgan fingerprint density at radius 2 is 1.77 bits per heavy atom. The lowest BCUT2D eigenvalue weighted by Gasteiger charge is -2.22. The van der Waals surface area contributed by atoms with Crippen LogP contribution in [-0.4, -0.2) is 11.2 Å². The molecule has 0 aliphatic rings.